The standard InChI is InChI=1S/C19H27N3OS/c1-4-15-7-9-16(10-8-15)18(22(2)3)14-21-19(23)20-12-11-17-6-5-13-24-17/h5-10,13,18H,4,11-12,14H2,1-3H3,(H2,20,21,23). The molecule has 0 fully saturated rings. The molecule has 0 saturated carbocycles. The van der Waals surface area contributed by atoms with Crippen LogP contribution in [0.25, 0.3) is 0 Å². The molecule has 0 aliphatic rings. The number of rotatable bonds is 8. The molecule has 0 saturated heterocycles. The fourth-order valence-corrected chi connectivity index (χ4v) is 3.29. The van der Waals surface area contributed by atoms with Gasteiger partial charge in [0, 0.05) is 18.0 Å². The van der Waals surface area contributed by atoms with Gasteiger partial charge in [-0.2, -0.15) is 0 Å². The second kappa shape index (κ2) is 9.45. The SMILES string of the molecule is CCc1ccc(C(CNC(=O)NCCc2cccs2)N(C)C)cc1. The number of nitrogens with zero attached hydrogens (tertiary/aromatic N) is 1. The number of likely N-dealkylation sites (N-methyl/N-ethyl adjacent to an activating group) is 1. The van der Waals surface area contributed by atoms with E-state index in [0.29, 0.717) is 13.1 Å². The monoisotopic (exact) mass is 345 g/mol. The van der Waals surface area contributed by atoms with E-state index in [1.165, 1.54) is 16.0 Å². The van der Waals surface area contributed by atoms with Gasteiger partial charge in [-0.15, -0.1) is 11.3 Å². The first kappa shape index (κ1) is 18.5. The Morgan fingerprint density at radius 2 is 1.92 bits per heavy atom. The fraction of sp³-hybridized carbons (Fsp3) is 0.421. The highest BCUT2D eigenvalue weighted by molar-refractivity contribution is 7.09. The number of hydrogen-bond donors (Lipinski definition) is 2. The van der Waals surface area contributed by atoms with Gasteiger partial charge < -0.3 is 15.5 Å². The minimum atomic E-state index is -0.108. The van der Waals surface area contributed by atoms with Gasteiger partial charge in [0.05, 0.1) is 6.04 Å². The van der Waals surface area contributed by atoms with Crippen LogP contribution in [-0.4, -0.2) is 38.1 Å². The summed E-state index contributed by atoms with van der Waals surface area (Å²) in [6, 6.07) is 12.8. The number of nitrogens with one attached hydrogen (secondary N) is 2. The van der Waals surface area contributed by atoms with Crippen molar-refractivity contribution < 1.29 is 4.79 Å². The van der Waals surface area contributed by atoms with Gasteiger partial charge >= 0.3 is 6.03 Å². The number of hydrogen-bond acceptors (Lipinski definition) is 3. The molecule has 0 bridgehead atoms. The maximum Gasteiger partial charge on any atom is 0.314 e. The molecular weight excluding hydrogens is 318 g/mol. The Morgan fingerprint density at radius 3 is 2.50 bits per heavy atom. The van der Waals surface area contributed by atoms with E-state index in [2.05, 4.69) is 58.2 Å². The van der Waals surface area contributed by atoms with Crippen LogP contribution in [0.1, 0.15) is 29.0 Å². The highest BCUT2D eigenvalue weighted by Crippen LogP contribution is 2.18. The first-order valence-corrected chi connectivity index (χ1v) is 9.27. The molecule has 2 amide bonds. The third-order valence-corrected chi connectivity index (χ3v) is 5.03. The molecule has 130 valence electrons. The average Bonchev–Trinajstić information content (AvgIpc) is 3.08. The number of urea groups is 1. The molecule has 0 aliphatic heterocycles. The first-order chi connectivity index (χ1) is 11.6. The summed E-state index contributed by atoms with van der Waals surface area (Å²) in [7, 11) is 4.07. The Kier molecular flexibility index (Phi) is 7.28. The zero-order valence-corrected chi connectivity index (χ0v) is 15.5. The first-order valence-electron chi connectivity index (χ1n) is 8.39. The highest BCUT2D eigenvalue weighted by Gasteiger charge is 2.15. The lowest BCUT2D eigenvalue weighted by molar-refractivity contribution is 0.233. The van der Waals surface area contributed by atoms with E-state index < -0.39 is 0 Å². The number of carbonyl (C=O) groups is 1. The van der Waals surface area contributed by atoms with Gasteiger partial charge in [0.1, 0.15) is 0 Å². The molecule has 0 aliphatic carbocycles. The van der Waals surface area contributed by atoms with Crippen LogP contribution >= 0.6 is 11.3 Å². The number of benzene rings is 1. The van der Waals surface area contributed by atoms with Gasteiger partial charge in [-0.1, -0.05) is 37.3 Å². The molecule has 0 radical (unpaired) electrons. The minimum Gasteiger partial charge on any atom is -0.338 e. The Hall–Kier alpha value is -1.85. The summed E-state index contributed by atoms with van der Waals surface area (Å²) in [5, 5.41) is 7.96. The molecule has 1 aromatic heterocycles. The topological polar surface area (TPSA) is 44.4 Å². The van der Waals surface area contributed by atoms with Gasteiger partial charge in [0.25, 0.3) is 0 Å². The van der Waals surface area contributed by atoms with E-state index in [4.69, 9.17) is 0 Å². The predicted molar refractivity (Wildman–Crippen MR) is 102 cm³/mol. The zero-order valence-electron chi connectivity index (χ0n) is 14.7. The van der Waals surface area contributed by atoms with Crippen LogP contribution in [0, 0.1) is 0 Å². The van der Waals surface area contributed by atoms with Crippen LogP contribution in [0.4, 0.5) is 4.79 Å². The molecule has 2 N–H and O–H groups in total. The molecule has 24 heavy (non-hydrogen) atoms. The van der Waals surface area contributed by atoms with Crippen molar-refractivity contribution in [2.24, 2.45) is 0 Å². The van der Waals surface area contributed by atoms with Crippen molar-refractivity contribution in [1.29, 1.82) is 0 Å². The number of aryl methyl sites for hydroxylation is 1. The second-order valence-electron chi connectivity index (χ2n) is 6.04. The van der Waals surface area contributed by atoms with E-state index in [9.17, 15) is 4.79 Å². The zero-order chi connectivity index (χ0) is 17.4. The molecule has 1 unspecified atom stereocenters. The van der Waals surface area contributed by atoms with Crippen molar-refractivity contribution in [1.82, 2.24) is 15.5 Å². The summed E-state index contributed by atoms with van der Waals surface area (Å²) in [6.07, 6.45) is 1.92. The van der Waals surface area contributed by atoms with Gasteiger partial charge in [-0.3, -0.25) is 0 Å². The molecule has 2 aromatic rings. The molecular formula is C19H27N3OS. The second-order valence-corrected chi connectivity index (χ2v) is 7.07. The normalized spacial score (nSPS) is 12.2. The summed E-state index contributed by atoms with van der Waals surface area (Å²) in [6.45, 7) is 3.40. The summed E-state index contributed by atoms with van der Waals surface area (Å²) >= 11 is 1.72. The van der Waals surface area contributed by atoms with E-state index >= 15 is 0 Å². The Morgan fingerprint density at radius 1 is 1.17 bits per heavy atom. The summed E-state index contributed by atoms with van der Waals surface area (Å²) < 4.78 is 0. The molecule has 1 heterocycles. The Bertz CT molecular complexity index is 608. The lowest BCUT2D eigenvalue weighted by Gasteiger charge is -2.25. The van der Waals surface area contributed by atoms with Crippen molar-refractivity contribution in [2.45, 2.75) is 25.8 Å². The lowest BCUT2D eigenvalue weighted by atomic mass is 10.0. The molecule has 2 rings (SSSR count). The van der Waals surface area contributed by atoms with Crippen molar-refractivity contribution in [3.63, 3.8) is 0 Å². The number of thiophene rings is 1. The van der Waals surface area contributed by atoms with Crippen molar-refractivity contribution in [3.8, 4) is 0 Å². The Balaban J connectivity index is 1.80. The van der Waals surface area contributed by atoms with Crippen molar-refractivity contribution >= 4 is 17.4 Å². The van der Waals surface area contributed by atoms with Crippen LogP contribution in [0.3, 0.4) is 0 Å². The maximum absolute atomic E-state index is 12.0. The van der Waals surface area contributed by atoms with Crippen LogP contribution < -0.4 is 10.6 Å². The summed E-state index contributed by atoms with van der Waals surface area (Å²) in [5.41, 5.74) is 2.55. The lowest BCUT2D eigenvalue weighted by Crippen LogP contribution is -2.41. The van der Waals surface area contributed by atoms with Crippen molar-refractivity contribution in [2.75, 3.05) is 27.2 Å². The number of amides is 2. The summed E-state index contributed by atoms with van der Waals surface area (Å²) in [4.78, 5) is 15.4. The fourth-order valence-electron chi connectivity index (χ4n) is 2.58. The summed E-state index contributed by atoms with van der Waals surface area (Å²) in [5.74, 6) is 0. The van der Waals surface area contributed by atoms with E-state index in [1.54, 1.807) is 11.3 Å². The van der Waals surface area contributed by atoms with Crippen LogP contribution in [-0.2, 0) is 12.8 Å². The third-order valence-electron chi connectivity index (χ3n) is 4.09. The quantitative estimate of drug-likeness (QED) is 0.769. The molecule has 4 nitrogen and oxygen atoms in total. The smallest absolute Gasteiger partial charge is 0.314 e. The van der Waals surface area contributed by atoms with Crippen LogP contribution in [0.5, 0.6) is 0 Å². The van der Waals surface area contributed by atoms with Gasteiger partial charge in [0.15, 0.2) is 0 Å². The third kappa shape index (κ3) is 5.65. The van der Waals surface area contributed by atoms with Crippen molar-refractivity contribution in [3.05, 3.63) is 57.8 Å². The molecule has 1 atom stereocenters. The van der Waals surface area contributed by atoms with Crippen LogP contribution in [0.15, 0.2) is 41.8 Å². The van der Waals surface area contributed by atoms with E-state index in [1.807, 2.05) is 20.2 Å². The van der Waals surface area contributed by atoms with E-state index in [-0.39, 0.29) is 12.1 Å². The molecule has 5 heteroatoms. The highest BCUT2D eigenvalue weighted by atomic mass is 32.1. The average molecular weight is 346 g/mol. The van der Waals surface area contributed by atoms with Gasteiger partial charge in [-0.05, 0) is 49.5 Å². The Labute approximate surface area is 148 Å². The van der Waals surface area contributed by atoms with Gasteiger partial charge in [0.2, 0.25) is 0 Å². The van der Waals surface area contributed by atoms with Crippen LogP contribution in [0.2, 0.25) is 0 Å². The largest absolute Gasteiger partial charge is 0.338 e. The molecule has 1 aromatic carbocycles. The maximum atomic E-state index is 12.0. The molecule has 0 spiro atoms. The van der Waals surface area contributed by atoms with Gasteiger partial charge in [-0.25, -0.2) is 4.79 Å². The number of carbonyl (C=O) groups excluding carboxylic acids is 1. The minimum absolute atomic E-state index is 0.108. The predicted octanol–water partition coefficient (Wildman–Crippen LogP) is 3.46. The van der Waals surface area contributed by atoms with E-state index in [0.717, 1.165) is 12.8 Å².